The van der Waals surface area contributed by atoms with Crippen molar-refractivity contribution in [2.24, 2.45) is 7.05 Å². The number of aliphatic hydroxyl groups excluding tert-OH is 1. The quantitative estimate of drug-likeness (QED) is 0.659. The number of imidazole rings is 1. The Morgan fingerprint density at radius 2 is 2.12 bits per heavy atom. The summed E-state index contributed by atoms with van der Waals surface area (Å²) in [5, 5.41) is 9.50. The van der Waals surface area contributed by atoms with Gasteiger partial charge in [0.15, 0.2) is 5.16 Å². The summed E-state index contributed by atoms with van der Waals surface area (Å²) in [5.41, 5.74) is -3.52. The average Bonchev–Trinajstić information content (AvgIpc) is 2.53. The lowest BCUT2D eigenvalue weighted by atomic mass is 10.5. The van der Waals surface area contributed by atoms with Crippen LogP contribution in [-0.2, 0) is 13.7 Å². The predicted molar refractivity (Wildman–Crippen MR) is 58.4 cm³/mol. The Morgan fingerprint density at radius 1 is 1.44 bits per heavy atom. The zero-order valence-corrected chi connectivity index (χ0v) is 10.1. The fourth-order valence-electron chi connectivity index (χ4n) is 0.997. The summed E-state index contributed by atoms with van der Waals surface area (Å²) in [7, 11) is 1.72. The van der Waals surface area contributed by atoms with Gasteiger partial charge in [-0.1, -0.05) is 23.5 Å². The Labute approximate surface area is 99.4 Å². The molecule has 1 aromatic rings. The van der Waals surface area contributed by atoms with Gasteiger partial charge in [0.1, 0.15) is 0 Å². The van der Waals surface area contributed by atoms with Crippen LogP contribution in [-0.4, -0.2) is 31.7 Å². The summed E-state index contributed by atoms with van der Waals surface area (Å²) in [6.45, 7) is -0.124. The highest BCUT2D eigenvalue weighted by molar-refractivity contribution is 8.03. The van der Waals surface area contributed by atoms with Gasteiger partial charge in [0, 0.05) is 18.6 Å². The van der Waals surface area contributed by atoms with Crippen LogP contribution >= 0.6 is 23.5 Å². The smallest absolute Gasteiger partial charge is 0.390 e. The molecule has 0 radical (unpaired) electrons. The van der Waals surface area contributed by atoms with Gasteiger partial charge in [0.2, 0.25) is 0 Å². The number of halogens is 3. The number of aliphatic hydroxyl groups is 1. The molecule has 1 heterocycles. The Balaban J connectivity index is 2.35. The van der Waals surface area contributed by atoms with Crippen LogP contribution in [0.1, 0.15) is 5.69 Å². The van der Waals surface area contributed by atoms with Crippen molar-refractivity contribution >= 4 is 23.5 Å². The first-order valence-corrected chi connectivity index (χ1v) is 6.36. The van der Waals surface area contributed by atoms with Crippen LogP contribution in [0.15, 0.2) is 11.4 Å². The van der Waals surface area contributed by atoms with Crippen molar-refractivity contribution in [3.05, 3.63) is 11.9 Å². The molecule has 1 rings (SSSR count). The first-order chi connectivity index (χ1) is 7.44. The molecule has 0 spiro atoms. The summed E-state index contributed by atoms with van der Waals surface area (Å²) >= 11 is 1.21. The van der Waals surface area contributed by atoms with E-state index in [9.17, 15) is 13.2 Å². The maximum Gasteiger partial charge on any atom is 0.441 e. The van der Waals surface area contributed by atoms with Crippen molar-refractivity contribution in [2.45, 2.75) is 17.3 Å². The normalized spacial score (nSPS) is 12.1. The van der Waals surface area contributed by atoms with E-state index < -0.39 is 5.51 Å². The van der Waals surface area contributed by atoms with Crippen molar-refractivity contribution < 1.29 is 18.3 Å². The summed E-state index contributed by atoms with van der Waals surface area (Å²) in [6.07, 6.45) is 1.51. The van der Waals surface area contributed by atoms with E-state index >= 15 is 0 Å². The van der Waals surface area contributed by atoms with Crippen LogP contribution in [0.3, 0.4) is 0 Å². The molecule has 0 atom stereocenters. The van der Waals surface area contributed by atoms with E-state index in [0.29, 0.717) is 16.6 Å². The Hall–Kier alpha value is -0.340. The lowest BCUT2D eigenvalue weighted by molar-refractivity contribution is -0.0326. The van der Waals surface area contributed by atoms with Crippen molar-refractivity contribution in [1.82, 2.24) is 9.55 Å². The monoisotopic (exact) mass is 272 g/mol. The van der Waals surface area contributed by atoms with E-state index in [2.05, 4.69) is 4.98 Å². The minimum absolute atomic E-state index is 0.00448. The summed E-state index contributed by atoms with van der Waals surface area (Å²) in [6, 6.07) is 0. The molecule has 0 aliphatic heterocycles. The molecular formula is C8H11F3N2OS2. The molecule has 0 aliphatic rings. The molecule has 92 valence electrons. The first kappa shape index (κ1) is 13.7. The topological polar surface area (TPSA) is 38.0 Å². The lowest BCUT2D eigenvalue weighted by Gasteiger charge is -2.05. The molecule has 1 aromatic heterocycles. The van der Waals surface area contributed by atoms with Crippen LogP contribution in [0.5, 0.6) is 0 Å². The molecule has 8 heteroatoms. The van der Waals surface area contributed by atoms with Crippen LogP contribution < -0.4 is 0 Å². The lowest BCUT2D eigenvalue weighted by Crippen LogP contribution is -2.03. The Kier molecular flexibility index (Phi) is 5.00. The van der Waals surface area contributed by atoms with E-state index in [1.54, 1.807) is 11.6 Å². The van der Waals surface area contributed by atoms with Gasteiger partial charge in [0.05, 0.1) is 18.5 Å². The van der Waals surface area contributed by atoms with Crippen LogP contribution in [0.25, 0.3) is 0 Å². The van der Waals surface area contributed by atoms with Gasteiger partial charge in [-0.25, -0.2) is 4.98 Å². The molecule has 0 saturated carbocycles. The maximum absolute atomic E-state index is 11.8. The summed E-state index contributed by atoms with van der Waals surface area (Å²) in [5.74, 6) is 0.329. The van der Waals surface area contributed by atoms with Gasteiger partial charge in [-0.15, -0.1) is 0 Å². The second-order valence-corrected chi connectivity index (χ2v) is 5.11. The fourth-order valence-corrected chi connectivity index (χ4v) is 2.52. The number of hydrogen-bond donors (Lipinski definition) is 1. The zero-order valence-electron chi connectivity index (χ0n) is 8.49. The van der Waals surface area contributed by atoms with E-state index in [1.807, 2.05) is 0 Å². The second-order valence-electron chi connectivity index (χ2n) is 2.89. The highest BCUT2D eigenvalue weighted by Crippen LogP contribution is 2.31. The molecule has 0 unspecified atom stereocenters. The van der Waals surface area contributed by atoms with Crippen LogP contribution in [0.2, 0.25) is 0 Å². The van der Waals surface area contributed by atoms with Gasteiger partial charge < -0.3 is 9.67 Å². The molecule has 0 aliphatic carbocycles. The van der Waals surface area contributed by atoms with Gasteiger partial charge in [-0.05, 0) is 0 Å². The standard InChI is InChI=1S/C8H11F3N2OS2/c1-13-6(5-14)4-12-7(13)15-2-3-16-8(9,10)11/h4,14H,2-3,5H2,1H3. The Morgan fingerprint density at radius 3 is 2.62 bits per heavy atom. The first-order valence-electron chi connectivity index (χ1n) is 4.39. The van der Waals surface area contributed by atoms with Gasteiger partial charge in [-0.2, -0.15) is 13.2 Å². The van der Waals surface area contributed by atoms with Gasteiger partial charge in [0.25, 0.3) is 0 Å². The third kappa shape index (κ3) is 4.26. The maximum atomic E-state index is 11.8. The molecule has 0 saturated heterocycles. The number of hydrogen-bond acceptors (Lipinski definition) is 4. The number of alkyl halides is 3. The number of aromatic nitrogens is 2. The SMILES string of the molecule is Cn1c(CO)cnc1SCCSC(F)(F)F. The molecule has 0 aromatic carbocycles. The highest BCUT2D eigenvalue weighted by atomic mass is 32.2. The Bertz CT molecular complexity index is 341. The van der Waals surface area contributed by atoms with Crippen molar-refractivity contribution in [3.8, 4) is 0 Å². The van der Waals surface area contributed by atoms with E-state index in [1.165, 1.54) is 18.0 Å². The number of thioether (sulfide) groups is 2. The van der Waals surface area contributed by atoms with Gasteiger partial charge >= 0.3 is 5.51 Å². The predicted octanol–water partition coefficient (Wildman–Crippen LogP) is 2.26. The van der Waals surface area contributed by atoms with Crippen LogP contribution in [0, 0.1) is 0 Å². The van der Waals surface area contributed by atoms with Crippen molar-refractivity contribution in [3.63, 3.8) is 0 Å². The zero-order chi connectivity index (χ0) is 12.2. The third-order valence-electron chi connectivity index (χ3n) is 1.78. The molecular weight excluding hydrogens is 261 g/mol. The van der Waals surface area contributed by atoms with E-state index in [-0.39, 0.29) is 24.1 Å². The van der Waals surface area contributed by atoms with Crippen LogP contribution in [0.4, 0.5) is 13.2 Å². The van der Waals surface area contributed by atoms with E-state index in [0.717, 1.165) is 0 Å². The molecule has 0 amide bonds. The fraction of sp³-hybridized carbons (Fsp3) is 0.625. The molecule has 0 fully saturated rings. The average molecular weight is 272 g/mol. The molecule has 3 nitrogen and oxygen atoms in total. The van der Waals surface area contributed by atoms with E-state index in [4.69, 9.17) is 5.11 Å². The van der Waals surface area contributed by atoms with Gasteiger partial charge in [-0.3, -0.25) is 0 Å². The van der Waals surface area contributed by atoms with Crippen molar-refractivity contribution in [1.29, 1.82) is 0 Å². The minimum atomic E-state index is -4.17. The number of nitrogens with zero attached hydrogens (tertiary/aromatic N) is 2. The van der Waals surface area contributed by atoms with Crippen molar-refractivity contribution in [2.75, 3.05) is 11.5 Å². The largest absolute Gasteiger partial charge is 0.441 e. The molecule has 16 heavy (non-hydrogen) atoms. The molecule has 1 N–H and O–H groups in total. The third-order valence-corrected chi connectivity index (χ3v) is 3.82. The molecule has 0 bridgehead atoms. The highest BCUT2D eigenvalue weighted by Gasteiger charge is 2.27. The summed E-state index contributed by atoms with van der Waals surface area (Å²) in [4.78, 5) is 4.00. The minimum Gasteiger partial charge on any atom is -0.390 e. The number of rotatable bonds is 5. The second kappa shape index (κ2) is 5.83. The summed E-state index contributed by atoms with van der Waals surface area (Å²) < 4.78 is 37.1.